The molecule has 3 heteroatoms. The van der Waals surface area contributed by atoms with Crippen LogP contribution in [0.15, 0.2) is 48.6 Å². The number of carboxylic acid groups (broad SMARTS) is 1. The highest BCUT2D eigenvalue weighted by Gasteiger charge is 1.96. The number of rotatable bonds is 12. The molecule has 1 atom stereocenters. The normalized spacial score (nSPS) is 14.0. The molecule has 0 aromatic rings. The zero-order valence-corrected chi connectivity index (χ0v) is 12.9. The molecule has 0 radical (unpaired) electrons. The van der Waals surface area contributed by atoms with Gasteiger partial charge in [0.15, 0.2) is 0 Å². The second-order valence-corrected chi connectivity index (χ2v) is 4.89. The second-order valence-electron chi connectivity index (χ2n) is 4.89. The first kappa shape index (κ1) is 19.4. The van der Waals surface area contributed by atoms with Gasteiger partial charge in [-0.15, -0.1) is 0 Å². The molecule has 0 aliphatic heterocycles. The number of hydrogen-bond donors (Lipinski definition) is 2. The molecule has 0 aliphatic rings. The van der Waals surface area contributed by atoms with Crippen molar-refractivity contribution in [1.29, 1.82) is 0 Å². The molecule has 21 heavy (non-hydrogen) atoms. The molecular formula is C18H28O3. The van der Waals surface area contributed by atoms with E-state index in [0.29, 0.717) is 0 Å². The van der Waals surface area contributed by atoms with E-state index in [0.717, 1.165) is 25.7 Å². The van der Waals surface area contributed by atoms with Crippen LogP contribution in [0, 0.1) is 0 Å². The average molecular weight is 292 g/mol. The van der Waals surface area contributed by atoms with Crippen LogP contribution < -0.4 is 0 Å². The van der Waals surface area contributed by atoms with E-state index < -0.39 is 5.97 Å². The van der Waals surface area contributed by atoms with Crippen molar-refractivity contribution in [2.45, 2.75) is 58.0 Å². The molecule has 0 heterocycles. The molecule has 0 rings (SSSR count). The number of unbranched alkanes of at least 4 members (excludes halogenated alkanes) is 2. The molecule has 0 amide bonds. The Morgan fingerprint density at radius 1 is 1.00 bits per heavy atom. The summed E-state index contributed by atoms with van der Waals surface area (Å²) >= 11 is 0. The Bertz CT molecular complexity index is 365. The van der Waals surface area contributed by atoms with Crippen molar-refractivity contribution in [2.24, 2.45) is 0 Å². The molecule has 1 unspecified atom stereocenters. The number of carboxylic acids is 1. The molecule has 0 saturated heterocycles. The minimum atomic E-state index is -0.804. The third-order valence-corrected chi connectivity index (χ3v) is 2.85. The van der Waals surface area contributed by atoms with Crippen LogP contribution in [0.4, 0.5) is 0 Å². The number of aliphatic carboxylic acids is 1. The molecule has 0 aromatic carbocycles. The Hall–Kier alpha value is -1.61. The highest BCUT2D eigenvalue weighted by atomic mass is 16.4. The summed E-state index contributed by atoms with van der Waals surface area (Å²) in [5, 5.41) is 18.1. The zero-order valence-electron chi connectivity index (χ0n) is 12.9. The maximum absolute atomic E-state index is 10.3. The third kappa shape index (κ3) is 16.3. The lowest BCUT2D eigenvalue weighted by atomic mass is 10.1. The summed E-state index contributed by atoms with van der Waals surface area (Å²) in [5.41, 5.74) is 0. The van der Waals surface area contributed by atoms with E-state index in [-0.39, 0.29) is 12.5 Å². The van der Waals surface area contributed by atoms with Crippen LogP contribution in [-0.4, -0.2) is 22.3 Å². The van der Waals surface area contributed by atoms with E-state index in [4.69, 9.17) is 5.11 Å². The largest absolute Gasteiger partial charge is 0.481 e. The van der Waals surface area contributed by atoms with Crippen molar-refractivity contribution < 1.29 is 15.0 Å². The Balaban J connectivity index is 3.62. The molecule has 0 bridgehead atoms. The standard InChI is InChI=1S/C18H28O3/c1-2-3-11-14-17(19)15-12-9-7-5-4-6-8-10-13-16-18(20)21/h4,6-7,9-10,12-13,15,17,19H,2-3,5,8,11,14,16H2,1H3,(H,20,21)/b6-4+,9-7+,13-10+,15-12+. The highest BCUT2D eigenvalue weighted by molar-refractivity contribution is 5.68. The fourth-order valence-corrected chi connectivity index (χ4v) is 1.68. The monoisotopic (exact) mass is 292 g/mol. The maximum atomic E-state index is 10.3. The Morgan fingerprint density at radius 2 is 1.67 bits per heavy atom. The Labute approximate surface area is 128 Å². The van der Waals surface area contributed by atoms with Gasteiger partial charge in [-0.05, 0) is 19.3 Å². The van der Waals surface area contributed by atoms with E-state index >= 15 is 0 Å². The fourth-order valence-electron chi connectivity index (χ4n) is 1.68. The SMILES string of the molecule is CCCCCC(O)/C=C/C=C/C/C=C/C/C=C/CC(=O)O. The summed E-state index contributed by atoms with van der Waals surface area (Å²) in [7, 11) is 0. The topological polar surface area (TPSA) is 57.5 Å². The molecule has 3 nitrogen and oxygen atoms in total. The summed E-state index contributed by atoms with van der Waals surface area (Å²) in [6.45, 7) is 2.15. The van der Waals surface area contributed by atoms with Gasteiger partial charge in [-0.1, -0.05) is 74.8 Å². The van der Waals surface area contributed by atoms with Crippen molar-refractivity contribution >= 4 is 5.97 Å². The molecule has 2 N–H and O–H groups in total. The van der Waals surface area contributed by atoms with Gasteiger partial charge in [-0.25, -0.2) is 0 Å². The maximum Gasteiger partial charge on any atom is 0.307 e. The highest BCUT2D eigenvalue weighted by Crippen LogP contribution is 2.04. The van der Waals surface area contributed by atoms with Crippen LogP contribution in [0.25, 0.3) is 0 Å². The van der Waals surface area contributed by atoms with Gasteiger partial charge in [0.25, 0.3) is 0 Å². The van der Waals surface area contributed by atoms with Gasteiger partial charge in [0.2, 0.25) is 0 Å². The van der Waals surface area contributed by atoms with E-state index in [2.05, 4.69) is 6.92 Å². The predicted octanol–water partition coefficient (Wildman–Crippen LogP) is 4.41. The molecule has 0 spiro atoms. The fraction of sp³-hybridized carbons (Fsp3) is 0.500. The van der Waals surface area contributed by atoms with E-state index in [1.54, 1.807) is 6.08 Å². The van der Waals surface area contributed by atoms with Gasteiger partial charge in [-0.3, -0.25) is 4.79 Å². The van der Waals surface area contributed by atoms with E-state index in [1.807, 2.05) is 42.5 Å². The van der Waals surface area contributed by atoms with Crippen LogP contribution in [-0.2, 0) is 4.79 Å². The number of carbonyl (C=O) groups is 1. The summed E-state index contributed by atoms with van der Waals surface area (Å²) in [4.78, 5) is 10.3. The number of hydrogen-bond acceptors (Lipinski definition) is 2. The van der Waals surface area contributed by atoms with Crippen LogP contribution in [0.3, 0.4) is 0 Å². The summed E-state index contributed by atoms with van der Waals surface area (Å²) in [5.74, 6) is -0.804. The molecule has 0 aromatic heterocycles. The Morgan fingerprint density at radius 3 is 2.33 bits per heavy atom. The van der Waals surface area contributed by atoms with Crippen molar-refractivity contribution in [3.63, 3.8) is 0 Å². The van der Waals surface area contributed by atoms with Crippen LogP contribution in [0.5, 0.6) is 0 Å². The number of aliphatic hydroxyl groups excluding tert-OH is 1. The van der Waals surface area contributed by atoms with Gasteiger partial charge in [0, 0.05) is 0 Å². The van der Waals surface area contributed by atoms with Gasteiger partial charge >= 0.3 is 5.97 Å². The van der Waals surface area contributed by atoms with Crippen molar-refractivity contribution in [2.75, 3.05) is 0 Å². The lowest BCUT2D eigenvalue weighted by molar-refractivity contribution is -0.136. The molecular weight excluding hydrogens is 264 g/mol. The first-order valence-corrected chi connectivity index (χ1v) is 7.70. The van der Waals surface area contributed by atoms with E-state index in [9.17, 15) is 9.90 Å². The van der Waals surface area contributed by atoms with Crippen molar-refractivity contribution in [3.05, 3.63) is 48.6 Å². The van der Waals surface area contributed by atoms with Gasteiger partial charge in [-0.2, -0.15) is 0 Å². The van der Waals surface area contributed by atoms with Crippen LogP contribution >= 0.6 is 0 Å². The molecule has 118 valence electrons. The lowest BCUT2D eigenvalue weighted by Gasteiger charge is -2.02. The minimum Gasteiger partial charge on any atom is -0.481 e. The van der Waals surface area contributed by atoms with Gasteiger partial charge in [0.1, 0.15) is 0 Å². The number of allylic oxidation sites excluding steroid dienone is 6. The summed E-state index contributed by atoms with van der Waals surface area (Å²) < 4.78 is 0. The van der Waals surface area contributed by atoms with Crippen LogP contribution in [0.2, 0.25) is 0 Å². The Kier molecular flexibility index (Phi) is 13.7. The van der Waals surface area contributed by atoms with Crippen molar-refractivity contribution in [3.8, 4) is 0 Å². The summed E-state index contributed by atoms with van der Waals surface area (Å²) in [6, 6.07) is 0. The van der Waals surface area contributed by atoms with Crippen molar-refractivity contribution in [1.82, 2.24) is 0 Å². The van der Waals surface area contributed by atoms with E-state index in [1.165, 1.54) is 12.8 Å². The average Bonchev–Trinajstić information content (AvgIpc) is 2.44. The smallest absolute Gasteiger partial charge is 0.307 e. The van der Waals surface area contributed by atoms with Gasteiger partial charge < -0.3 is 10.2 Å². The molecule has 0 saturated carbocycles. The quantitative estimate of drug-likeness (QED) is 0.318. The third-order valence-electron chi connectivity index (χ3n) is 2.85. The summed E-state index contributed by atoms with van der Waals surface area (Å²) in [6.07, 6.45) is 20.8. The predicted molar refractivity (Wildman–Crippen MR) is 88.2 cm³/mol. The lowest BCUT2D eigenvalue weighted by Crippen LogP contribution is -2.00. The number of aliphatic hydroxyl groups is 1. The van der Waals surface area contributed by atoms with Crippen LogP contribution in [0.1, 0.15) is 51.9 Å². The first-order valence-electron chi connectivity index (χ1n) is 7.70. The zero-order chi connectivity index (χ0) is 15.8. The molecule has 0 aliphatic carbocycles. The second kappa shape index (κ2) is 14.8. The minimum absolute atomic E-state index is 0.0825. The first-order chi connectivity index (χ1) is 10.2. The molecule has 0 fully saturated rings. The van der Waals surface area contributed by atoms with Gasteiger partial charge in [0.05, 0.1) is 12.5 Å².